The summed E-state index contributed by atoms with van der Waals surface area (Å²) in [6.07, 6.45) is 3.13. The van der Waals surface area contributed by atoms with E-state index in [4.69, 9.17) is 5.73 Å². The molecule has 18 heavy (non-hydrogen) atoms. The molecule has 1 aromatic carbocycles. The van der Waals surface area contributed by atoms with E-state index in [1.54, 1.807) is 6.07 Å². The van der Waals surface area contributed by atoms with Gasteiger partial charge in [0.05, 0.1) is 0 Å². The predicted molar refractivity (Wildman–Crippen MR) is 79.9 cm³/mol. The summed E-state index contributed by atoms with van der Waals surface area (Å²) in [6.45, 7) is 3.98. The number of hydrogen-bond acceptors (Lipinski definition) is 3. The van der Waals surface area contributed by atoms with Gasteiger partial charge < -0.3 is 10.6 Å². The van der Waals surface area contributed by atoms with E-state index in [0.717, 1.165) is 17.9 Å². The number of hydrogen-bond donors (Lipinski definition) is 1. The van der Waals surface area contributed by atoms with Crippen molar-refractivity contribution in [2.24, 2.45) is 5.73 Å². The molecule has 0 aromatic heterocycles. The molecular weight excluding hydrogens is 247 g/mol. The van der Waals surface area contributed by atoms with Gasteiger partial charge in [-0.1, -0.05) is 13.0 Å². The fraction of sp³-hybridized carbons (Fsp3) is 0.571. The highest BCUT2D eigenvalue weighted by molar-refractivity contribution is 7.98. The van der Waals surface area contributed by atoms with Crippen LogP contribution in [0.4, 0.5) is 10.1 Å². The second kappa shape index (κ2) is 7.00. The van der Waals surface area contributed by atoms with Crippen LogP contribution in [0.5, 0.6) is 0 Å². The second-order valence-electron chi connectivity index (χ2n) is 4.59. The number of anilines is 1. The van der Waals surface area contributed by atoms with E-state index in [-0.39, 0.29) is 11.9 Å². The van der Waals surface area contributed by atoms with E-state index < -0.39 is 0 Å². The summed E-state index contributed by atoms with van der Waals surface area (Å²) in [4.78, 5) is 2.15. The molecule has 0 saturated carbocycles. The van der Waals surface area contributed by atoms with Crippen LogP contribution in [0.15, 0.2) is 18.2 Å². The van der Waals surface area contributed by atoms with Crippen LogP contribution in [0.3, 0.4) is 0 Å². The number of benzene rings is 1. The van der Waals surface area contributed by atoms with Crippen molar-refractivity contribution in [3.63, 3.8) is 0 Å². The first-order chi connectivity index (χ1) is 8.52. The van der Waals surface area contributed by atoms with Crippen molar-refractivity contribution in [1.82, 2.24) is 0 Å². The summed E-state index contributed by atoms with van der Waals surface area (Å²) in [5.74, 6) is 0.815. The molecule has 1 unspecified atom stereocenters. The third-order valence-electron chi connectivity index (χ3n) is 3.24. The van der Waals surface area contributed by atoms with Gasteiger partial charge in [0.15, 0.2) is 0 Å². The van der Waals surface area contributed by atoms with Crippen LogP contribution in [0.25, 0.3) is 0 Å². The van der Waals surface area contributed by atoms with Crippen molar-refractivity contribution >= 4 is 17.4 Å². The molecule has 2 N–H and O–H groups in total. The fourth-order valence-electron chi connectivity index (χ4n) is 2.18. The summed E-state index contributed by atoms with van der Waals surface area (Å²) < 4.78 is 13.9. The van der Waals surface area contributed by atoms with Crippen LogP contribution in [0.2, 0.25) is 0 Å². The maximum absolute atomic E-state index is 13.9. The van der Waals surface area contributed by atoms with Gasteiger partial charge in [0, 0.05) is 36.1 Å². The molecule has 0 spiro atoms. The molecule has 1 rings (SSSR count). The predicted octanol–water partition coefficient (Wildman–Crippen LogP) is 3.42. The van der Waals surface area contributed by atoms with Crippen molar-refractivity contribution in [3.8, 4) is 0 Å². The van der Waals surface area contributed by atoms with Gasteiger partial charge >= 0.3 is 0 Å². The van der Waals surface area contributed by atoms with E-state index in [9.17, 15) is 4.39 Å². The Labute approximate surface area is 114 Å². The topological polar surface area (TPSA) is 29.3 Å². The van der Waals surface area contributed by atoms with E-state index in [1.165, 1.54) is 6.07 Å². The quantitative estimate of drug-likeness (QED) is 0.859. The summed E-state index contributed by atoms with van der Waals surface area (Å²) in [5.41, 5.74) is 7.42. The van der Waals surface area contributed by atoms with Crippen molar-refractivity contribution in [2.45, 2.75) is 32.4 Å². The lowest BCUT2D eigenvalue weighted by atomic mass is 10.0. The van der Waals surface area contributed by atoms with Gasteiger partial charge in [-0.15, -0.1) is 0 Å². The molecule has 0 aliphatic rings. The first kappa shape index (κ1) is 15.3. The van der Waals surface area contributed by atoms with Crippen molar-refractivity contribution in [2.75, 3.05) is 24.0 Å². The van der Waals surface area contributed by atoms with Gasteiger partial charge in [-0.05, 0) is 31.7 Å². The molecule has 0 heterocycles. The Morgan fingerprint density at radius 2 is 2.11 bits per heavy atom. The van der Waals surface area contributed by atoms with Crippen LogP contribution in [0, 0.1) is 5.82 Å². The normalized spacial score (nSPS) is 14.3. The number of nitrogens with zero attached hydrogens (tertiary/aromatic N) is 1. The number of rotatable bonds is 6. The minimum absolute atomic E-state index is 0.214. The smallest absolute Gasteiger partial charge is 0.130 e. The Hall–Kier alpha value is -0.740. The lowest BCUT2D eigenvalue weighted by Gasteiger charge is -2.31. The molecule has 0 aliphatic heterocycles. The molecule has 0 aliphatic carbocycles. The molecule has 1 aromatic rings. The molecule has 0 amide bonds. The highest BCUT2D eigenvalue weighted by Crippen LogP contribution is 2.29. The van der Waals surface area contributed by atoms with E-state index in [1.807, 2.05) is 31.8 Å². The fourth-order valence-corrected chi connectivity index (χ4v) is 3.02. The Morgan fingerprint density at radius 1 is 1.44 bits per heavy atom. The van der Waals surface area contributed by atoms with Crippen molar-refractivity contribution in [1.29, 1.82) is 0 Å². The Kier molecular flexibility index (Phi) is 5.96. The van der Waals surface area contributed by atoms with Gasteiger partial charge in [0.2, 0.25) is 0 Å². The molecule has 0 radical (unpaired) electrons. The largest absolute Gasteiger partial charge is 0.370 e. The zero-order valence-corrected chi connectivity index (χ0v) is 12.4. The van der Waals surface area contributed by atoms with Crippen molar-refractivity contribution < 1.29 is 4.39 Å². The lowest BCUT2D eigenvalue weighted by Crippen LogP contribution is -2.34. The zero-order valence-electron chi connectivity index (χ0n) is 11.6. The molecule has 0 saturated heterocycles. The summed E-state index contributed by atoms with van der Waals surface area (Å²) in [7, 11) is 2.02. The average molecular weight is 270 g/mol. The molecule has 2 atom stereocenters. The average Bonchev–Trinajstić information content (AvgIpc) is 2.34. The van der Waals surface area contributed by atoms with Gasteiger partial charge in [-0.3, -0.25) is 0 Å². The number of thioether (sulfide) groups is 1. The minimum atomic E-state index is -0.296. The molecular formula is C14H23FN2S. The summed E-state index contributed by atoms with van der Waals surface area (Å²) in [5, 5.41) is 0. The second-order valence-corrected chi connectivity index (χ2v) is 5.50. The molecule has 4 heteroatoms. The first-order valence-corrected chi connectivity index (χ1v) is 7.68. The van der Waals surface area contributed by atoms with Crippen molar-refractivity contribution in [3.05, 3.63) is 29.6 Å². The maximum Gasteiger partial charge on any atom is 0.130 e. The van der Waals surface area contributed by atoms with E-state index in [2.05, 4.69) is 18.1 Å². The van der Waals surface area contributed by atoms with E-state index >= 15 is 0 Å². The number of halogens is 1. The minimum Gasteiger partial charge on any atom is -0.370 e. The SMILES string of the molecule is CCC(CSC)N(C)c1cccc(F)c1[C@@H](C)N. The van der Waals surface area contributed by atoms with Crippen LogP contribution < -0.4 is 10.6 Å². The monoisotopic (exact) mass is 270 g/mol. The summed E-state index contributed by atoms with van der Waals surface area (Å²) >= 11 is 1.81. The molecule has 2 nitrogen and oxygen atoms in total. The zero-order chi connectivity index (χ0) is 13.7. The van der Waals surface area contributed by atoms with Gasteiger partial charge in [-0.25, -0.2) is 4.39 Å². The van der Waals surface area contributed by atoms with E-state index in [0.29, 0.717) is 11.6 Å². The van der Waals surface area contributed by atoms with Crippen LogP contribution in [-0.2, 0) is 0 Å². The standard InChI is InChI=1S/C14H23FN2S/c1-5-11(9-18-4)17(3)13-8-6-7-12(15)14(13)10(2)16/h6-8,10-11H,5,9,16H2,1-4H3/t10-,11?/m1/s1. The third kappa shape index (κ3) is 3.39. The van der Waals surface area contributed by atoms with Crippen LogP contribution in [-0.4, -0.2) is 25.1 Å². The highest BCUT2D eigenvalue weighted by atomic mass is 32.2. The molecule has 0 fully saturated rings. The Balaban J connectivity index is 3.11. The van der Waals surface area contributed by atoms with Crippen LogP contribution in [0.1, 0.15) is 31.9 Å². The van der Waals surface area contributed by atoms with Gasteiger partial charge in [-0.2, -0.15) is 11.8 Å². The highest BCUT2D eigenvalue weighted by Gasteiger charge is 2.19. The Bertz CT molecular complexity index is 382. The molecule has 102 valence electrons. The van der Waals surface area contributed by atoms with Gasteiger partial charge in [0.25, 0.3) is 0 Å². The molecule has 0 bridgehead atoms. The van der Waals surface area contributed by atoms with Crippen LogP contribution >= 0.6 is 11.8 Å². The number of nitrogens with two attached hydrogens (primary N) is 1. The lowest BCUT2D eigenvalue weighted by molar-refractivity contribution is 0.587. The maximum atomic E-state index is 13.9. The summed E-state index contributed by atoms with van der Waals surface area (Å²) in [6, 6.07) is 5.28. The van der Waals surface area contributed by atoms with Gasteiger partial charge in [0.1, 0.15) is 5.82 Å². The Morgan fingerprint density at radius 3 is 2.61 bits per heavy atom. The first-order valence-electron chi connectivity index (χ1n) is 6.28. The third-order valence-corrected chi connectivity index (χ3v) is 3.96.